The Balaban J connectivity index is 1.55. The third kappa shape index (κ3) is 5.64. The van der Waals surface area contributed by atoms with Crippen molar-refractivity contribution in [1.29, 1.82) is 0 Å². The molecular formula is C30H35N5O5S. The molecule has 216 valence electrons. The number of nitrogens with one attached hydrogen (secondary N) is 1. The van der Waals surface area contributed by atoms with Crippen molar-refractivity contribution in [2.75, 3.05) is 4.90 Å². The number of sulfonamides is 1. The number of benzene rings is 2. The monoisotopic (exact) mass is 577 g/mol. The van der Waals surface area contributed by atoms with E-state index < -0.39 is 27.0 Å². The number of aromatic nitrogens is 2. The van der Waals surface area contributed by atoms with Crippen molar-refractivity contribution in [1.82, 2.24) is 9.97 Å². The molecule has 0 fully saturated rings. The van der Waals surface area contributed by atoms with E-state index in [4.69, 9.17) is 9.88 Å². The van der Waals surface area contributed by atoms with Crippen LogP contribution < -0.4 is 10.0 Å². The number of hydrogen-bond donors (Lipinski definition) is 3. The number of aryl methyl sites for hydroxylation is 1. The van der Waals surface area contributed by atoms with E-state index in [2.05, 4.69) is 15.0 Å². The molecule has 0 aliphatic carbocycles. The summed E-state index contributed by atoms with van der Waals surface area (Å²) in [4.78, 5) is 26.4. The molecule has 5 rings (SSSR count). The van der Waals surface area contributed by atoms with Crippen LogP contribution in [0.4, 0.5) is 11.5 Å². The normalized spacial score (nSPS) is 20.7. The van der Waals surface area contributed by atoms with Gasteiger partial charge in [0.1, 0.15) is 22.6 Å². The second kappa shape index (κ2) is 11.5. The van der Waals surface area contributed by atoms with Gasteiger partial charge in [0.05, 0.1) is 12.7 Å². The number of hydrogen-bond acceptors (Lipinski definition) is 8. The topological polar surface area (TPSA) is 151 Å². The van der Waals surface area contributed by atoms with Gasteiger partial charge in [0.15, 0.2) is 11.2 Å². The van der Waals surface area contributed by atoms with Gasteiger partial charge in [-0.05, 0) is 48.4 Å². The van der Waals surface area contributed by atoms with Gasteiger partial charge in [-0.2, -0.15) is 0 Å². The number of aliphatic hydroxyl groups is 1. The first-order valence-electron chi connectivity index (χ1n) is 13.9. The first-order chi connectivity index (χ1) is 19.7. The van der Waals surface area contributed by atoms with Gasteiger partial charge in [0.2, 0.25) is 10.0 Å². The van der Waals surface area contributed by atoms with E-state index >= 15 is 0 Å². The smallest absolute Gasteiger partial charge is 0.342 e. The molecule has 41 heavy (non-hydrogen) atoms. The number of aliphatic imine (C=N–C) groups is 1. The molecule has 0 bridgehead atoms. The van der Waals surface area contributed by atoms with E-state index in [1.54, 1.807) is 18.2 Å². The van der Waals surface area contributed by atoms with Gasteiger partial charge < -0.3 is 19.7 Å². The lowest BCUT2D eigenvalue weighted by molar-refractivity contribution is -0.157. The predicted octanol–water partition coefficient (Wildman–Crippen LogP) is 5.22. The summed E-state index contributed by atoms with van der Waals surface area (Å²) in [5, 5.41) is 15.8. The molecular weight excluding hydrogens is 542 g/mol. The highest BCUT2D eigenvalue weighted by Crippen LogP contribution is 2.43. The quantitative estimate of drug-likeness (QED) is 0.280. The first kappa shape index (κ1) is 28.6. The van der Waals surface area contributed by atoms with Crippen molar-refractivity contribution in [2.45, 2.75) is 69.8 Å². The number of fused-ring (bicyclic) bond motifs is 1. The van der Waals surface area contributed by atoms with Gasteiger partial charge >= 0.3 is 5.97 Å². The molecule has 0 saturated heterocycles. The molecule has 3 heterocycles. The molecule has 2 unspecified atom stereocenters. The van der Waals surface area contributed by atoms with Crippen molar-refractivity contribution in [3.63, 3.8) is 0 Å². The van der Waals surface area contributed by atoms with E-state index in [9.17, 15) is 18.3 Å². The predicted molar refractivity (Wildman–Crippen MR) is 158 cm³/mol. The SMILES string of the molecule is CCCc1c(C2=C(O)CC(CCC)(CCc3ccccc3)OC2=O)cccc1N1C=Nc2nc[nH]c2C1S(N)(=O)=O. The van der Waals surface area contributed by atoms with Crippen LogP contribution >= 0.6 is 0 Å². The van der Waals surface area contributed by atoms with Gasteiger partial charge in [-0.3, -0.25) is 0 Å². The summed E-state index contributed by atoms with van der Waals surface area (Å²) in [6.45, 7) is 4.02. The summed E-state index contributed by atoms with van der Waals surface area (Å²) in [6, 6.07) is 15.2. The molecule has 10 nitrogen and oxygen atoms in total. The largest absolute Gasteiger partial charge is 0.511 e. The second-order valence-corrected chi connectivity index (χ2v) is 12.2. The molecule has 11 heteroatoms. The zero-order valence-corrected chi connectivity index (χ0v) is 24.0. The fraction of sp³-hybridized carbons (Fsp3) is 0.367. The van der Waals surface area contributed by atoms with Crippen molar-refractivity contribution < 1.29 is 23.1 Å². The van der Waals surface area contributed by atoms with Crippen LogP contribution in [-0.2, 0) is 32.4 Å². The molecule has 2 atom stereocenters. The maximum Gasteiger partial charge on any atom is 0.342 e. The number of aliphatic hydroxyl groups excluding tert-OH is 1. The molecule has 0 saturated carbocycles. The highest BCUT2D eigenvalue weighted by Gasteiger charge is 2.43. The molecule has 0 spiro atoms. The lowest BCUT2D eigenvalue weighted by atomic mass is 9.82. The summed E-state index contributed by atoms with van der Waals surface area (Å²) in [5.41, 5.74) is 2.37. The Morgan fingerprint density at radius 2 is 1.88 bits per heavy atom. The number of ether oxygens (including phenoxy) is 1. The van der Waals surface area contributed by atoms with Crippen LogP contribution in [-0.4, -0.2) is 41.4 Å². The molecule has 0 amide bonds. The van der Waals surface area contributed by atoms with Crippen LogP contribution in [0.3, 0.4) is 0 Å². The lowest BCUT2D eigenvalue weighted by Gasteiger charge is -2.38. The number of carbonyl (C=O) groups is 1. The molecule has 0 radical (unpaired) electrons. The van der Waals surface area contributed by atoms with E-state index in [0.717, 1.165) is 12.0 Å². The Labute approximate surface area is 240 Å². The summed E-state index contributed by atoms with van der Waals surface area (Å²) in [7, 11) is -4.14. The summed E-state index contributed by atoms with van der Waals surface area (Å²) >= 11 is 0. The van der Waals surface area contributed by atoms with Crippen LogP contribution in [0.1, 0.15) is 73.7 Å². The number of primary sulfonamides is 1. The number of nitrogens with zero attached hydrogens (tertiary/aromatic N) is 3. The lowest BCUT2D eigenvalue weighted by Crippen LogP contribution is -2.41. The van der Waals surface area contributed by atoms with Gasteiger partial charge in [-0.15, -0.1) is 0 Å². The molecule has 3 aromatic rings. The Kier molecular flexibility index (Phi) is 8.01. The highest BCUT2D eigenvalue weighted by molar-refractivity contribution is 7.89. The maximum atomic E-state index is 13.7. The van der Waals surface area contributed by atoms with Crippen molar-refractivity contribution in [3.8, 4) is 0 Å². The third-order valence-electron chi connectivity index (χ3n) is 7.67. The Bertz CT molecular complexity index is 1600. The zero-order valence-electron chi connectivity index (χ0n) is 23.2. The van der Waals surface area contributed by atoms with E-state index in [-0.39, 0.29) is 29.3 Å². The van der Waals surface area contributed by atoms with E-state index in [0.29, 0.717) is 48.9 Å². The van der Waals surface area contributed by atoms with Crippen LogP contribution in [0.25, 0.3) is 5.57 Å². The van der Waals surface area contributed by atoms with Gasteiger partial charge in [-0.25, -0.2) is 28.3 Å². The van der Waals surface area contributed by atoms with Crippen molar-refractivity contribution >= 4 is 39.4 Å². The Morgan fingerprint density at radius 3 is 2.56 bits per heavy atom. The van der Waals surface area contributed by atoms with Crippen LogP contribution in [0.2, 0.25) is 0 Å². The summed E-state index contributed by atoms with van der Waals surface area (Å²) in [5.74, 6) is -0.369. The minimum Gasteiger partial charge on any atom is -0.511 e. The highest BCUT2D eigenvalue weighted by atomic mass is 32.2. The van der Waals surface area contributed by atoms with Crippen molar-refractivity contribution in [2.24, 2.45) is 10.1 Å². The number of esters is 1. The third-order valence-corrected chi connectivity index (χ3v) is 8.76. The minimum absolute atomic E-state index is 0.0246. The standard InChI is InChI=1S/C30H35N5O5S/c1-3-9-21-22(12-8-13-23(21)35-19-34-27-26(32-18-33-27)28(35)41(31,38)39)25-24(36)17-30(15-4-2,40-29(25)37)16-14-20-10-6-5-7-11-20/h5-8,10-13,18-19,28,36H,3-4,9,14-17H2,1-2H3,(H,32,33)(H2,31,38,39). The molecule has 2 aliphatic rings. The van der Waals surface area contributed by atoms with Crippen molar-refractivity contribution in [3.05, 3.63) is 83.0 Å². The summed E-state index contributed by atoms with van der Waals surface area (Å²) in [6.07, 6.45) is 6.87. The molecule has 2 aromatic carbocycles. The minimum atomic E-state index is -4.14. The Morgan fingerprint density at radius 1 is 1.10 bits per heavy atom. The van der Waals surface area contributed by atoms with Crippen LogP contribution in [0.5, 0.6) is 0 Å². The number of nitrogens with two attached hydrogens (primary N) is 1. The average Bonchev–Trinajstić information content (AvgIpc) is 3.41. The number of imidazole rings is 1. The van der Waals surface area contributed by atoms with E-state index in [1.165, 1.54) is 17.6 Å². The van der Waals surface area contributed by atoms with E-state index in [1.807, 2.05) is 44.2 Å². The molecule has 4 N–H and O–H groups in total. The fourth-order valence-electron chi connectivity index (χ4n) is 5.91. The zero-order chi connectivity index (χ0) is 29.2. The first-order valence-corrected chi connectivity index (χ1v) is 15.5. The number of H-pyrrole nitrogens is 1. The number of aromatic amines is 1. The number of rotatable bonds is 10. The fourth-order valence-corrected chi connectivity index (χ4v) is 6.90. The number of anilines is 1. The average molecular weight is 578 g/mol. The maximum absolute atomic E-state index is 13.7. The van der Waals surface area contributed by atoms with Crippen LogP contribution in [0, 0.1) is 0 Å². The second-order valence-electron chi connectivity index (χ2n) is 10.6. The van der Waals surface area contributed by atoms with Gasteiger partial charge in [0, 0.05) is 12.1 Å². The number of carbonyl (C=O) groups excluding carboxylic acids is 1. The number of cyclic esters (lactones) is 1. The van der Waals surface area contributed by atoms with Gasteiger partial charge in [-0.1, -0.05) is 69.2 Å². The molecule has 2 aliphatic heterocycles. The molecule has 1 aromatic heterocycles. The van der Waals surface area contributed by atoms with Crippen LogP contribution in [0.15, 0.2) is 65.6 Å². The van der Waals surface area contributed by atoms with Gasteiger partial charge in [0.25, 0.3) is 0 Å². The summed E-state index contributed by atoms with van der Waals surface area (Å²) < 4.78 is 31.8. The Hall–Kier alpha value is -3.96.